The van der Waals surface area contributed by atoms with Crippen LogP contribution >= 0.6 is 11.8 Å². The molecular formula is C15H22N4OS. The maximum absolute atomic E-state index is 11.7. The van der Waals surface area contributed by atoms with Gasteiger partial charge in [0.25, 0.3) is 0 Å². The van der Waals surface area contributed by atoms with E-state index in [1.165, 1.54) is 22.9 Å². The number of nitrogens with zero attached hydrogens (tertiary/aromatic N) is 2. The molecule has 0 bridgehead atoms. The van der Waals surface area contributed by atoms with E-state index in [-0.39, 0.29) is 11.7 Å². The fraction of sp³-hybridized carbons (Fsp3) is 0.467. The summed E-state index contributed by atoms with van der Waals surface area (Å²) in [7, 11) is 0. The van der Waals surface area contributed by atoms with Crippen molar-refractivity contribution in [3.63, 3.8) is 0 Å². The van der Waals surface area contributed by atoms with Crippen LogP contribution in [0.15, 0.2) is 33.0 Å². The molecule has 0 fully saturated rings. The maximum Gasteiger partial charge on any atom is 0.344 e. The number of rotatable bonds is 6. The van der Waals surface area contributed by atoms with Crippen LogP contribution in [-0.4, -0.2) is 21.3 Å². The van der Waals surface area contributed by atoms with Gasteiger partial charge in [-0.2, -0.15) is 0 Å². The van der Waals surface area contributed by atoms with Crippen molar-refractivity contribution >= 4 is 11.8 Å². The lowest BCUT2D eigenvalue weighted by Gasteiger charge is -2.10. The molecule has 2 N–H and O–H groups in total. The highest BCUT2D eigenvalue weighted by Crippen LogP contribution is 2.28. The number of aryl methyl sites for hydroxylation is 1. The third kappa shape index (κ3) is 3.77. The predicted molar refractivity (Wildman–Crippen MR) is 85.9 cm³/mol. The smallest absolute Gasteiger partial charge is 0.313 e. The SMILES string of the molecule is CCNCc1ccc(Sc2n[nH]c(=O)n2C(C)C)cc1C. The molecular weight excluding hydrogens is 284 g/mol. The molecule has 0 unspecified atom stereocenters. The van der Waals surface area contributed by atoms with E-state index in [2.05, 4.69) is 47.6 Å². The van der Waals surface area contributed by atoms with Crippen LogP contribution in [0, 0.1) is 6.92 Å². The lowest BCUT2D eigenvalue weighted by Crippen LogP contribution is -2.19. The highest BCUT2D eigenvalue weighted by molar-refractivity contribution is 7.99. The van der Waals surface area contributed by atoms with Crippen LogP contribution < -0.4 is 11.0 Å². The Labute approximate surface area is 129 Å². The number of benzene rings is 1. The summed E-state index contributed by atoms with van der Waals surface area (Å²) in [5.41, 5.74) is 2.38. The molecule has 21 heavy (non-hydrogen) atoms. The van der Waals surface area contributed by atoms with Crippen molar-refractivity contribution in [1.29, 1.82) is 0 Å². The molecule has 0 aliphatic carbocycles. The van der Waals surface area contributed by atoms with E-state index in [9.17, 15) is 4.79 Å². The molecule has 2 rings (SSSR count). The van der Waals surface area contributed by atoms with Gasteiger partial charge in [-0.25, -0.2) is 9.89 Å². The van der Waals surface area contributed by atoms with Gasteiger partial charge in [0.15, 0.2) is 5.16 Å². The largest absolute Gasteiger partial charge is 0.344 e. The third-order valence-electron chi connectivity index (χ3n) is 3.28. The van der Waals surface area contributed by atoms with Crippen molar-refractivity contribution in [2.24, 2.45) is 0 Å². The second kappa shape index (κ2) is 6.95. The number of aromatic nitrogens is 3. The van der Waals surface area contributed by atoms with Crippen molar-refractivity contribution in [3.05, 3.63) is 39.8 Å². The number of H-pyrrole nitrogens is 1. The van der Waals surface area contributed by atoms with Gasteiger partial charge in [0.1, 0.15) is 0 Å². The van der Waals surface area contributed by atoms with E-state index in [0.717, 1.165) is 18.0 Å². The molecule has 0 atom stereocenters. The lowest BCUT2D eigenvalue weighted by atomic mass is 10.1. The molecule has 0 aliphatic rings. The normalized spacial score (nSPS) is 11.3. The molecule has 0 saturated carbocycles. The first-order valence-corrected chi connectivity index (χ1v) is 7.99. The maximum atomic E-state index is 11.7. The van der Waals surface area contributed by atoms with Gasteiger partial charge in [-0.15, -0.1) is 5.10 Å². The van der Waals surface area contributed by atoms with Crippen LogP contribution in [0.3, 0.4) is 0 Å². The molecule has 0 saturated heterocycles. The molecule has 2 aromatic rings. The van der Waals surface area contributed by atoms with Crippen molar-refractivity contribution in [1.82, 2.24) is 20.1 Å². The summed E-state index contributed by atoms with van der Waals surface area (Å²) in [5.74, 6) is 0. The summed E-state index contributed by atoms with van der Waals surface area (Å²) in [6.07, 6.45) is 0. The summed E-state index contributed by atoms with van der Waals surface area (Å²) in [6, 6.07) is 6.44. The second-order valence-corrected chi connectivity index (χ2v) is 6.29. The molecule has 1 aromatic heterocycles. The molecule has 1 heterocycles. The van der Waals surface area contributed by atoms with Crippen LogP contribution in [-0.2, 0) is 6.54 Å². The Kier molecular flexibility index (Phi) is 5.25. The van der Waals surface area contributed by atoms with E-state index in [0.29, 0.717) is 5.16 Å². The van der Waals surface area contributed by atoms with E-state index in [1.54, 1.807) is 4.57 Å². The van der Waals surface area contributed by atoms with Crippen LogP contribution in [0.25, 0.3) is 0 Å². The lowest BCUT2D eigenvalue weighted by molar-refractivity contribution is 0.534. The topological polar surface area (TPSA) is 62.7 Å². The van der Waals surface area contributed by atoms with Gasteiger partial charge in [-0.1, -0.05) is 13.0 Å². The molecule has 114 valence electrons. The van der Waals surface area contributed by atoms with Gasteiger partial charge in [0.05, 0.1) is 0 Å². The summed E-state index contributed by atoms with van der Waals surface area (Å²) in [5, 5.41) is 10.7. The first-order valence-electron chi connectivity index (χ1n) is 7.18. The van der Waals surface area contributed by atoms with Gasteiger partial charge in [-0.3, -0.25) is 4.57 Å². The van der Waals surface area contributed by atoms with Gasteiger partial charge < -0.3 is 5.32 Å². The van der Waals surface area contributed by atoms with Crippen LogP contribution in [0.2, 0.25) is 0 Å². The molecule has 0 spiro atoms. The van der Waals surface area contributed by atoms with Crippen molar-refractivity contribution in [3.8, 4) is 0 Å². The van der Waals surface area contributed by atoms with Gasteiger partial charge in [-0.05, 0) is 62.3 Å². The Bertz CT molecular complexity index is 660. The van der Waals surface area contributed by atoms with Gasteiger partial charge >= 0.3 is 5.69 Å². The number of aromatic amines is 1. The average Bonchev–Trinajstić information content (AvgIpc) is 2.79. The molecule has 6 heteroatoms. The summed E-state index contributed by atoms with van der Waals surface area (Å²) < 4.78 is 1.67. The van der Waals surface area contributed by atoms with E-state index in [1.807, 2.05) is 13.8 Å². The summed E-state index contributed by atoms with van der Waals surface area (Å²) in [4.78, 5) is 12.8. The van der Waals surface area contributed by atoms with Crippen molar-refractivity contribution < 1.29 is 0 Å². The Hall–Kier alpha value is -1.53. The minimum Gasteiger partial charge on any atom is -0.313 e. The standard InChI is InChI=1S/C15H22N4OS/c1-5-16-9-12-6-7-13(8-11(12)4)21-15-18-17-14(20)19(15)10(2)3/h6-8,10,16H,5,9H2,1-4H3,(H,17,20). The first-order chi connectivity index (χ1) is 10.0. The van der Waals surface area contributed by atoms with Gasteiger partial charge in [0, 0.05) is 17.5 Å². The van der Waals surface area contributed by atoms with E-state index >= 15 is 0 Å². The first kappa shape index (κ1) is 15.9. The van der Waals surface area contributed by atoms with E-state index < -0.39 is 0 Å². The second-order valence-electron chi connectivity index (χ2n) is 5.25. The predicted octanol–water partition coefficient (Wildman–Crippen LogP) is 2.72. The highest BCUT2D eigenvalue weighted by atomic mass is 32.2. The minimum atomic E-state index is -0.159. The monoisotopic (exact) mass is 306 g/mol. The van der Waals surface area contributed by atoms with Crippen molar-refractivity contribution in [2.45, 2.75) is 50.3 Å². The quantitative estimate of drug-likeness (QED) is 0.861. The fourth-order valence-corrected chi connectivity index (χ4v) is 3.18. The van der Waals surface area contributed by atoms with Crippen LogP contribution in [0.4, 0.5) is 0 Å². The average molecular weight is 306 g/mol. The Morgan fingerprint density at radius 2 is 2.19 bits per heavy atom. The summed E-state index contributed by atoms with van der Waals surface area (Å²) >= 11 is 1.51. The molecule has 1 aromatic carbocycles. The zero-order chi connectivity index (χ0) is 15.4. The Balaban J connectivity index is 2.21. The molecule has 0 radical (unpaired) electrons. The Morgan fingerprint density at radius 1 is 1.43 bits per heavy atom. The third-order valence-corrected chi connectivity index (χ3v) is 4.24. The van der Waals surface area contributed by atoms with Crippen molar-refractivity contribution in [2.75, 3.05) is 6.54 Å². The molecule has 5 nitrogen and oxygen atoms in total. The zero-order valence-corrected chi connectivity index (χ0v) is 13.8. The summed E-state index contributed by atoms with van der Waals surface area (Å²) in [6.45, 7) is 10.0. The van der Waals surface area contributed by atoms with Crippen LogP contribution in [0.5, 0.6) is 0 Å². The van der Waals surface area contributed by atoms with E-state index in [4.69, 9.17) is 0 Å². The number of hydrogen-bond acceptors (Lipinski definition) is 4. The number of hydrogen-bond donors (Lipinski definition) is 2. The number of nitrogens with one attached hydrogen (secondary N) is 2. The molecule has 0 amide bonds. The highest BCUT2D eigenvalue weighted by Gasteiger charge is 2.13. The molecule has 0 aliphatic heterocycles. The fourth-order valence-electron chi connectivity index (χ4n) is 2.11. The minimum absolute atomic E-state index is 0.0906. The van der Waals surface area contributed by atoms with Crippen LogP contribution in [0.1, 0.15) is 37.9 Å². The Morgan fingerprint density at radius 3 is 2.81 bits per heavy atom. The van der Waals surface area contributed by atoms with Gasteiger partial charge in [0.2, 0.25) is 0 Å². The zero-order valence-electron chi connectivity index (χ0n) is 12.9.